The zero-order valence-electron chi connectivity index (χ0n) is 32.3. The minimum atomic E-state index is -1.02. The number of halogens is 2. The maximum Gasteiger partial charge on any atom is 0.326 e. The van der Waals surface area contributed by atoms with Crippen LogP contribution in [0.1, 0.15) is 89.6 Å². The highest BCUT2D eigenvalue weighted by molar-refractivity contribution is 6.30. The van der Waals surface area contributed by atoms with E-state index in [1.165, 1.54) is 0 Å². The fourth-order valence-electron chi connectivity index (χ4n) is 8.00. The number of amidine groups is 1. The fraction of sp³-hybridized carbons (Fsp3) is 0.524. The molecule has 3 aliphatic rings. The molecule has 11 heteroatoms. The molecule has 3 amide bonds. The first-order valence-electron chi connectivity index (χ1n) is 19.0. The van der Waals surface area contributed by atoms with Crippen LogP contribution >= 0.6 is 23.2 Å². The highest BCUT2D eigenvalue weighted by Crippen LogP contribution is 2.54. The van der Waals surface area contributed by atoms with Gasteiger partial charge >= 0.3 is 6.03 Å². The smallest absolute Gasteiger partial charge is 0.326 e. The number of aromatic nitrogens is 1. The Morgan fingerprint density at radius 1 is 0.868 bits per heavy atom. The maximum atomic E-state index is 15.3. The molecule has 0 saturated carbocycles. The number of ether oxygens (including phenoxy) is 1. The topological polar surface area (TPSA) is 81.6 Å². The molecule has 0 aliphatic carbocycles. The summed E-state index contributed by atoms with van der Waals surface area (Å²) in [6.45, 7) is 17.5. The summed E-state index contributed by atoms with van der Waals surface area (Å²) >= 11 is 12.9. The number of nitrogens with zero attached hydrogens (tertiary/aromatic N) is 6. The van der Waals surface area contributed by atoms with Crippen LogP contribution < -0.4 is 4.74 Å². The fourth-order valence-corrected chi connectivity index (χ4v) is 8.25. The maximum absolute atomic E-state index is 15.3. The Morgan fingerprint density at radius 2 is 1.49 bits per heavy atom. The third kappa shape index (κ3) is 7.80. The lowest BCUT2D eigenvalue weighted by atomic mass is 9.71. The monoisotopic (exact) mass is 760 g/mol. The zero-order valence-corrected chi connectivity index (χ0v) is 33.8. The highest BCUT2D eigenvalue weighted by atomic mass is 35.5. The average molecular weight is 762 g/mol. The summed E-state index contributed by atoms with van der Waals surface area (Å²) in [7, 11) is 2.11. The quantitative estimate of drug-likeness (QED) is 0.242. The molecule has 0 bridgehead atoms. The molecule has 2 aromatic carbocycles. The lowest BCUT2D eigenvalue weighted by Gasteiger charge is -2.47. The molecule has 2 saturated heterocycles. The Bertz CT molecular complexity index is 1820. The Morgan fingerprint density at radius 3 is 2.09 bits per heavy atom. The lowest BCUT2D eigenvalue weighted by Crippen LogP contribution is -2.59. The number of amides is 3. The number of hydrogen-bond donors (Lipinski definition) is 0. The minimum absolute atomic E-state index is 0.151. The van der Waals surface area contributed by atoms with E-state index < -0.39 is 11.1 Å². The van der Waals surface area contributed by atoms with Gasteiger partial charge in [-0.25, -0.2) is 4.79 Å². The van der Waals surface area contributed by atoms with Crippen LogP contribution in [0.3, 0.4) is 0 Å². The van der Waals surface area contributed by atoms with Crippen molar-refractivity contribution < 1.29 is 14.3 Å². The van der Waals surface area contributed by atoms with Gasteiger partial charge in [-0.2, -0.15) is 0 Å². The molecule has 9 nitrogen and oxygen atoms in total. The van der Waals surface area contributed by atoms with Gasteiger partial charge in [0.05, 0.1) is 12.2 Å². The average Bonchev–Trinajstić information content (AvgIpc) is 3.22. The number of aliphatic imine (C=N–C) groups is 1. The molecule has 53 heavy (non-hydrogen) atoms. The second-order valence-electron chi connectivity index (χ2n) is 16.1. The van der Waals surface area contributed by atoms with Crippen LogP contribution in [-0.4, -0.2) is 95.3 Å². The van der Waals surface area contributed by atoms with Gasteiger partial charge in [0.15, 0.2) is 0 Å². The molecule has 0 unspecified atom stereocenters. The predicted molar refractivity (Wildman–Crippen MR) is 213 cm³/mol. The van der Waals surface area contributed by atoms with Gasteiger partial charge in [-0.1, -0.05) is 68.2 Å². The van der Waals surface area contributed by atoms with Crippen LogP contribution in [0.2, 0.25) is 10.0 Å². The number of rotatable bonds is 7. The van der Waals surface area contributed by atoms with Gasteiger partial charge in [0.1, 0.15) is 22.7 Å². The van der Waals surface area contributed by atoms with E-state index in [-0.39, 0.29) is 23.3 Å². The van der Waals surface area contributed by atoms with Gasteiger partial charge in [-0.15, -0.1) is 0 Å². The number of piperidine rings is 1. The summed E-state index contributed by atoms with van der Waals surface area (Å²) in [5.74, 6) is 1.56. The number of carbonyl (C=O) groups is 2. The molecule has 2 atom stereocenters. The van der Waals surface area contributed by atoms with E-state index in [9.17, 15) is 4.79 Å². The van der Waals surface area contributed by atoms with Crippen molar-refractivity contribution in [1.29, 1.82) is 0 Å². The van der Waals surface area contributed by atoms with Crippen LogP contribution in [0.4, 0.5) is 4.79 Å². The summed E-state index contributed by atoms with van der Waals surface area (Å²) in [6, 6.07) is 17.2. The van der Waals surface area contributed by atoms with Crippen LogP contribution in [0.15, 0.2) is 65.8 Å². The van der Waals surface area contributed by atoms with Crippen molar-refractivity contribution in [3.05, 3.63) is 93.2 Å². The molecule has 3 aliphatic heterocycles. The molecule has 6 rings (SSSR count). The van der Waals surface area contributed by atoms with Crippen molar-refractivity contribution in [1.82, 2.24) is 24.6 Å². The predicted octanol–water partition coefficient (Wildman–Crippen LogP) is 8.36. The van der Waals surface area contributed by atoms with Gasteiger partial charge < -0.3 is 19.4 Å². The van der Waals surface area contributed by atoms with Crippen LogP contribution in [0, 0.1) is 5.92 Å². The summed E-state index contributed by atoms with van der Waals surface area (Å²) in [6.07, 6.45) is 4.82. The third-order valence-corrected chi connectivity index (χ3v) is 12.0. The number of likely N-dealkylation sites (N-methyl/N-ethyl adjacent to an activating group) is 1. The van der Waals surface area contributed by atoms with Crippen LogP contribution in [0.25, 0.3) is 0 Å². The van der Waals surface area contributed by atoms with E-state index in [1.54, 1.807) is 6.20 Å². The van der Waals surface area contributed by atoms with E-state index in [4.69, 9.17) is 37.9 Å². The number of carbonyl (C=O) groups excluding carboxylic acids is 2. The van der Waals surface area contributed by atoms with Crippen molar-refractivity contribution in [3.63, 3.8) is 0 Å². The third-order valence-electron chi connectivity index (χ3n) is 11.5. The number of likely N-dealkylation sites (tertiary alicyclic amines) is 1. The standard InChI is InChI=1S/C42H54Cl2N6O3/c1-8-53-35-27-36(40(2,3)4)45-28-34(35)38-46-41(5,30-10-14-32(43)15-11-30)42(6,31-12-16-33(44)17-13-31)50(38)39(52)49-22-18-29(19-23-49)26-37(51)48-21-9-20-47(7)24-25-48/h10-17,27-29H,8-9,18-26H2,1-7H3/t41-,42+/m0/s1. The molecule has 4 heterocycles. The van der Waals surface area contributed by atoms with E-state index in [0.29, 0.717) is 53.3 Å². The van der Waals surface area contributed by atoms with Crippen LogP contribution in [0.5, 0.6) is 5.75 Å². The number of hydrogen-bond acceptors (Lipinski definition) is 6. The van der Waals surface area contributed by atoms with E-state index in [2.05, 4.69) is 46.6 Å². The first-order valence-corrected chi connectivity index (χ1v) is 19.7. The summed E-state index contributed by atoms with van der Waals surface area (Å²) < 4.78 is 6.31. The van der Waals surface area contributed by atoms with Crippen LogP contribution in [-0.2, 0) is 21.3 Å². The minimum Gasteiger partial charge on any atom is -0.493 e. The first kappa shape index (κ1) is 39.0. The summed E-state index contributed by atoms with van der Waals surface area (Å²) in [4.78, 5) is 47.3. The molecular formula is C42H54Cl2N6O3. The van der Waals surface area contributed by atoms with E-state index >= 15 is 4.79 Å². The zero-order chi connectivity index (χ0) is 38.1. The second kappa shape index (κ2) is 15.6. The Hall–Kier alpha value is -3.66. The van der Waals surface area contributed by atoms with Crippen molar-refractivity contribution in [3.8, 4) is 5.75 Å². The largest absolute Gasteiger partial charge is 0.493 e. The molecule has 0 radical (unpaired) electrons. The Labute approximate surface area is 325 Å². The van der Waals surface area contributed by atoms with Gasteiger partial charge in [-0.3, -0.25) is 19.7 Å². The van der Waals surface area contributed by atoms with Crippen molar-refractivity contribution in [2.75, 3.05) is 52.9 Å². The molecule has 3 aromatic rings. The second-order valence-corrected chi connectivity index (χ2v) is 17.0. The molecule has 0 N–H and O–H groups in total. The number of pyridine rings is 1. The van der Waals surface area contributed by atoms with Crippen molar-refractivity contribution >= 4 is 41.0 Å². The van der Waals surface area contributed by atoms with Gasteiger partial charge in [0.25, 0.3) is 0 Å². The van der Waals surface area contributed by atoms with E-state index in [1.807, 2.05) is 76.2 Å². The van der Waals surface area contributed by atoms with Crippen molar-refractivity contribution in [2.24, 2.45) is 10.9 Å². The van der Waals surface area contributed by atoms with Gasteiger partial charge in [0, 0.05) is 72.6 Å². The van der Waals surface area contributed by atoms with Gasteiger partial charge in [0.2, 0.25) is 5.91 Å². The SMILES string of the molecule is CCOc1cc(C(C)(C)C)ncc1C1=N[C@@](C)(c2ccc(Cl)cc2)[C@@](C)(c2ccc(Cl)cc2)N1C(=O)N1CCC(CC(=O)N2CCCN(C)CC2)CC1. The number of urea groups is 1. The number of benzene rings is 2. The first-order chi connectivity index (χ1) is 25.2. The molecule has 2 fully saturated rings. The molecule has 0 spiro atoms. The molecule has 1 aromatic heterocycles. The highest BCUT2D eigenvalue weighted by Gasteiger charge is 2.60. The summed E-state index contributed by atoms with van der Waals surface area (Å²) in [5.41, 5.74) is 1.11. The summed E-state index contributed by atoms with van der Waals surface area (Å²) in [5, 5.41) is 1.22. The normalized spacial score (nSPS) is 23.2. The van der Waals surface area contributed by atoms with Crippen molar-refractivity contribution in [2.45, 2.75) is 83.7 Å². The van der Waals surface area contributed by atoms with Gasteiger partial charge in [-0.05, 0) is 94.9 Å². The Kier molecular flexibility index (Phi) is 11.5. The van der Waals surface area contributed by atoms with E-state index in [0.717, 1.165) is 62.3 Å². The lowest BCUT2D eigenvalue weighted by molar-refractivity contribution is -0.132. The molecular weight excluding hydrogens is 707 g/mol. The Balaban J connectivity index is 1.40. The molecule has 284 valence electrons.